The summed E-state index contributed by atoms with van der Waals surface area (Å²) in [6.45, 7) is 3.89. The van der Waals surface area contributed by atoms with Gasteiger partial charge in [-0.05, 0) is 45.4 Å². The highest BCUT2D eigenvalue weighted by Gasteiger charge is 2.33. The minimum absolute atomic E-state index is 0.113. The van der Waals surface area contributed by atoms with E-state index in [-0.39, 0.29) is 17.7 Å². The van der Waals surface area contributed by atoms with Crippen molar-refractivity contribution in [1.29, 1.82) is 0 Å². The number of ketones is 2. The fraction of sp³-hybridized carbons (Fsp3) is 0.833. The Morgan fingerprint density at radius 1 is 1.09 bits per heavy atom. The summed E-state index contributed by atoms with van der Waals surface area (Å²) in [5.41, 5.74) is 0. The van der Waals surface area contributed by atoms with E-state index >= 15 is 0 Å². The molecular formula is C18H30O4. The topological polar surface area (TPSA) is 60.4 Å². The SMILES string of the molecule is CCOC(=O)CCCCCC[C@H]1C(=O)CC[C@H]1CCC(C)=O. The van der Waals surface area contributed by atoms with Gasteiger partial charge in [-0.3, -0.25) is 9.59 Å². The van der Waals surface area contributed by atoms with E-state index in [4.69, 9.17) is 4.74 Å². The van der Waals surface area contributed by atoms with Crippen molar-refractivity contribution in [2.24, 2.45) is 11.8 Å². The van der Waals surface area contributed by atoms with Crippen molar-refractivity contribution >= 4 is 17.5 Å². The Morgan fingerprint density at radius 3 is 2.50 bits per heavy atom. The summed E-state index contributed by atoms with van der Waals surface area (Å²) in [7, 11) is 0. The number of carbonyl (C=O) groups excluding carboxylic acids is 3. The molecule has 0 N–H and O–H groups in total. The number of ether oxygens (including phenoxy) is 1. The van der Waals surface area contributed by atoms with Crippen LogP contribution in [0.25, 0.3) is 0 Å². The third kappa shape index (κ3) is 7.19. The van der Waals surface area contributed by atoms with Gasteiger partial charge in [-0.25, -0.2) is 0 Å². The van der Waals surface area contributed by atoms with Gasteiger partial charge in [0.25, 0.3) is 0 Å². The molecule has 0 aromatic heterocycles. The van der Waals surface area contributed by atoms with Crippen LogP contribution in [-0.2, 0) is 19.1 Å². The van der Waals surface area contributed by atoms with Gasteiger partial charge in [0.05, 0.1) is 6.61 Å². The van der Waals surface area contributed by atoms with Crippen LogP contribution in [-0.4, -0.2) is 24.1 Å². The number of carbonyl (C=O) groups is 3. The van der Waals surface area contributed by atoms with Gasteiger partial charge in [-0.1, -0.05) is 19.3 Å². The molecule has 2 atom stereocenters. The van der Waals surface area contributed by atoms with Gasteiger partial charge in [0.2, 0.25) is 0 Å². The summed E-state index contributed by atoms with van der Waals surface area (Å²) < 4.78 is 4.89. The van der Waals surface area contributed by atoms with Crippen LogP contribution >= 0.6 is 0 Å². The average Bonchev–Trinajstić information content (AvgIpc) is 2.81. The molecule has 4 heteroatoms. The van der Waals surface area contributed by atoms with Gasteiger partial charge in [0.15, 0.2) is 0 Å². The molecule has 0 saturated heterocycles. The van der Waals surface area contributed by atoms with Crippen LogP contribution in [0.1, 0.15) is 78.1 Å². The lowest BCUT2D eigenvalue weighted by molar-refractivity contribution is -0.143. The molecule has 0 amide bonds. The summed E-state index contributed by atoms with van der Waals surface area (Å²) in [6.07, 6.45) is 8.54. The zero-order valence-electron chi connectivity index (χ0n) is 14.1. The van der Waals surface area contributed by atoms with E-state index < -0.39 is 0 Å². The second-order valence-corrected chi connectivity index (χ2v) is 6.37. The normalized spacial score (nSPS) is 21.1. The maximum atomic E-state index is 12.0. The highest BCUT2D eigenvalue weighted by molar-refractivity contribution is 5.83. The van der Waals surface area contributed by atoms with Crippen molar-refractivity contribution in [3.05, 3.63) is 0 Å². The van der Waals surface area contributed by atoms with Gasteiger partial charge in [-0.15, -0.1) is 0 Å². The molecule has 1 fully saturated rings. The molecule has 126 valence electrons. The van der Waals surface area contributed by atoms with Crippen molar-refractivity contribution in [3.8, 4) is 0 Å². The summed E-state index contributed by atoms with van der Waals surface area (Å²) in [4.78, 5) is 34.3. The van der Waals surface area contributed by atoms with E-state index in [1.165, 1.54) is 0 Å². The maximum Gasteiger partial charge on any atom is 0.305 e. The molecule has 0 heterocycles. The Balaban J connectivity index is 2.15. The van der Waals surface area contributed by atoms with Crippen LogP contribution in [0.4, 0.5) is 0 Å². The Hall–Kier alpha value is -1.19. The maximum absolute atomic E-state index is 12.0. The summed E-state index contributed by atoms with van der Waals surface area (Å²) in [6, 6.07) is 0. The van der Waals surface area contributed by atoms with Gasteiger partial charge in [-0.2, -0.15) is 0 Å². The fourth-order valence-electron chi connectivity index (χ4n) is 3.33. The van der Waals surface area contributed by atoms with Crippen molar-refractivity contribution < 1.29 is 19.1 Å². The van der Waals surface area contributed by atoms with Gasteiger partial charge >= 0.3 is 5.97 Å². The Morgan fingerprint density at radius 2 is 1.82 bits per heavy atom. The second-order valence-electron chi connectivity index (χ2n) is 6.37. The molecule has 0 aliphatic heterocycles. The highest BCUT2D eigenvalue weighted by Crippen LogP contribution is 2.35. The van der Waals surface area contributed by atoms with E-state index in [0.29, 0.717) is 37.6 Å². The predicted octanol–water partition coefficient (Wildman–Crippen LogP) is 3.85. The van der Waals surface area contributed by atoms with Gasteiger partial charge < -0.3 is 9.53 Å². The van der Waals surface area contributed by atoms with E-state index in [2.05, 4.69) is 0 Å². The summed E-state index contributed by atoms with van der Waals surface area (Å²) in [5, 5.41) is 0. The summed E-state index contributed by atoms with van der Waals surface area (Å²) >= 11 is 0. The first kappa shape index (κ1) is 18.9. The molecule has 0 aromatic carbocycles. The highest BCUT2D eigenvalue weighted by atomic mass is 16.5. The zero-order chi connectivity index (χ0) is 16.4. The first-order valence-electron chi connectivity index (χ1n) is 8.72. The minimum Gasteiger partial charge on any atom is -0.466 e. The number of esters is 1. The van der Waals surface area contributed by atoms with Crippen LogP contribution in [0.2, 0.25) is 0 Å². The van der Waals surface area contributed by atoms with Crippen LogP contribution in [0.15, 0.2) is 0 Å². The van der Waals surface area contributed by atoms with Gasteiger partial charge in [0, 0.05) is 25.2 Å². The Labute approximate surface area is 134 Å². The molecule has 1 aliphatic carbocycles. The van der Waals surface area contributed by atoms with Gasteiger partial charge in [0.1, 0.15) is 11.6 Å². The fourth-order valence-corrected chi connectivity index (χ4v) is 3.33. The predicted molar refractivity (Wildman–Crippen MR) is 85.5 cm³/mol. The van der Waals surface area contributed by atoms with E-state index in [1.54, 1.807) is 6.92 Å². The van der Waals surface area contributed by atoms with Crippen LogP contribution in [0.3, 0.4) is 0 Å². The Bertz CT molecular complexity index is 375. The van der Waals surface area contributed by atoms with Crippen molar-refractivity contribution in [1.82, 2.24) is 0 Å². The van der Waals surface area contributed by atoms with Crippen LogP contribution in [0.5, 0.6) is 0 Å². The largest absolute Gasteiger partial charge is 0.466 e. The van der Waals surface area contributed by atoms with Crippen LogP contribution in [0, 0.1) is 11.8 Å². The zero-order valence-corrected chi connectivity index (χ0v) is 14.1. The molecule has 0 radical (unpaired) electrons. The quantitative estimate of drug-likeness (QED) is 0.429. The minimum atomic E-state index is -0.113. The molecule has 4 nitrogen and oxygen atoms in total. The third-order valence-corrected chi connectivity index (χ3v) is 4.56. The van der Waals surface area contributed by atoms with E-state index in [0.717, 1.165) is 44.9 Å². The monoisotopic (exact) mass is 310 g/mol. The number of hydrogen-bond donors (Lipinski definition) is 0. The first-order valence-corrected chi connectivity index (χ1v) is 8.72. The lowest BCUT2D eigenvalue weighted by atomic mass is 9.86. The van der Waals surface area contributed by atoms with Crippen LogP contribution < -0.4 is 0 Å². The first-order chi connectivity index (χ1) is 10.5. The molecule has 1 aliphatic rings. The summed E-state index contributed by atoms with van der Waals surface area (Å²) in [5.74, 6) is 1.08. The molecular weight excluding hydrogens is 280 g/mol. The number of unbranched alkanes of at least 4 members (excludes halogenated alkanes) is 3. The number of hydrogen-bond acceptors (Lipinski definition) is 4. The lowest BCUT2D eigenvalue weighted by Gasteiger charge is -2.17. The number of Topliss-reactive ketones (excluding diaryl/α,β-unsaturated/α-hetero) is 2. The van der Waals surface area contributed by atoms with E-state index in [1.807, 2.05) is 6.92 Å². The third-order valence-electron chi connectivity index (χ3n) is 4.56. The van der Waals surface area contributed by atoms with Crippen molar-refractivity contribution in [2.75, 3.05) is 6.61 Å². The molecule has 1 rings (SSSR count). The van der Waals surface area contributed by atoms with Crippen molar-refractivity contribution in [2.45, 2.75) is 78.1 Å². The smallest absolute Gasteiger partial charge is 0.305 e. The molecule has 0 aromatic rings. The molecule has 0 bridgehead atoms. The molecule has 0 spiro atoms. The second kappa shape index (κ2) is 10.5. The molecule has 0 unspecified atom stereocenters. The van der Waals surface area contributed by atoms with Crippen molar-refractivity contribution in [3.63, 3.8) is 0 Å². The molecule has 22 heavy (non-hydrogen) atoms. The average molecular weight is 310 g/mol. The lowest BCUT2D eigenvalue weighted by Crippen LogP contribution is -2.15. The molecule has 1 saturated carbocycles. The Kier molecular flexibility index (Phi) is 9.02. The standard InChI is InChI=1S/C18H30O4/c1-3-22-18(21)9-7-5-4-6-8-16-15(11-10-14(2)19)12-13-17(16)20/h15-16H,3-13H2,1-2H3/t15-,16-/m1/s1. The number of rotatable bonds is 11. The van der Waals surface area contributed by atoms with E-state index in [9.17, 15) is 14.4 Å².